The summed E-state index contributed by atoms with van der Waals surface area (Å²) < 4.78 is 82.2. The molecule has 0 amide bonds. The zero-order valence-electron chi connectivity index (χ0n) is 13.8. The number of nitrogens with zero attached hydrogens (tertiary/aromatic N) is 1. The summed E-state index contributed by atoms with van der Waals surface area (Å²) in [5.74, 6) is -6.10. The van der Waals surface area contributed by atoms with Crippen LogP contribution >= 0.6 is 0 Å². The molecule has 1 aromatic carbocycles. The Kier molecular flexibility index (Phi) is 5.34. The molecule has 1 unspecified atom stereocenters. The van der Waals surface area contributed by atoms with Crippen LogP contribution in [0.2, 0.25) is 0 Å². The van der Waals surface area contributed by atoms with Crippen LogP contribution in [0.4, 0.5) is 26.3 Å². The van der Waals surface area contributed by atoms with Crippen LogP contribution < -0.4 is 5.73 Å². The molecule has 0 bridgehead atoms. The molecule has 1 aromatic heterocycles. The number of hydrogen-bond acceptors (Lipinski definition) is 3. The summed E-state index contributed by atoms with van der Waals surface area (Å²) in [6, 6.07) is 4.07. The van der Waals surface area contributed by atoms with Gasteiger partial charge < -0.3 is 10.8 Å². The van der Waals surface area contributed by atoms with Crippen molar-refractivity contribution in [2.45, 2.75) is 31.5 Å². The van der Waals surface area contributed by atoms with Crippen molar-refractivity contribution in [3.8, 4) is 11.3 Å². The summed E-state index contributed by atoms with van der Waals surface area (Å²) in [6.45, 7) is 1.03. The molecule has 3 N–H and O–H groups in total. The van der Waals surface area contributed by atoms with Crippen molar-refractivity contribution >= 4 is 0 Å². The first kappa shape index (κ1) is 20.2. The molecule has 1 atom stereocenters. The standard InChI is InChI=1S/C17H16F6N2O/c1-16(2,26)11-12(19)14(8-3-5-9(18)6-4-8)25-15(13(11)20)10(7-24)17(21,22)23/h3-6,10,26H,7,24H2,1-2H3. The van der Waals surface area contributed by atoms with Gasteiger partial charge in [0.25, 0.3) is 0 Å². The monoisotopic (exact) mass is 378 g/mol. The molecule has 0 aliphatic rings. The molecule has 0 spiro atoms. The first-order chi connectivity index (χ1) is 11.9. The van der Waals surface area contributed by atoms with E-state index in [0.29, 0.717) is 0 Å². The Labute approximate surface area is 145 Å². The van der Waals surface area contributed by atoms with Gasteiger partial charge in [-0.1, -0.05) is 0 Å². The summed E-state index contributed by atoms with van der Waals surface area (Å²) in [7, 11) is 0. The lowest BCUT2D eigenvalue weighted by Crippen LogP contribution is -2.32. The van der Waals surface area contributed by atoms with Crippen molar-refractivity contribution in [1.82, 2.24) is 4.98 Å². The normalized spacial score (nSPS) is 13.8. The minimum Gasteiger partial charge on any atom is -0.386 e. The number of pyridine rings is 1. The maximum atomic E-state index is 14.8. The molecule has 0 fully saturated rings. The maximum absolute atomic E-state index is 14.8. The van der Waals surface area contributed by atoms with E-state index < -0.39 is 58.6 Å². The van der Waals surface area contributed by atoms with Crippen LogP contribution in [0.3, 0.4) is 0 Å². The molecule has 26 heavy (non-hydrogen) atoms. The largest absolute Gasteiger partial charge is 0.398 e. The predicted molar refractivity (Wildman–Crippen MR) is 82.6 cm³/mol. The molecule has 3 nitrogen and oxygen atoms in total. The lowest BCUT2D eigenvalue weighted by Gasteiger charge is -2.25. The summed E-state index contributed by atoms with van der Waals surface area (Å²) in [4.78, 5) is 3.50. The Bertz CT molecular complexity index is 797. The van der Waals surface area contributed by atoms with Crippen LogP contribution in [0.5, 0.6) is 0 Å². The Morgan fingerprint density at radius 2 is 1.58 bits per heavy atom. The highest BCUT2D eigenvalue weighted by atomic mass is 19.4. The summed E-state index contributed by atoms with van der Waals surface area (Å²) in [6.07, 6.45) is -4.93. The van der Waals surface area contributed by atoms with E-state index in [0.717, 1.165) is 38.1 Å². The molecule has 2 aromatic rings. The van der Waals surface area contributed by atoms with Crippen LogP contribution in [0.15, 0.2) is 24.3 Å². The minimum absolute atomic E-state index is 0.0754. The molecule has 0 aliphatic heterocycles. The first-order valence-corrected chi connectivity index (χ1v) is 7.52. The zero-order chi connectivity index (χ0) is 19.9. The van der Waals surface area contributed by atoms with Gasteiger partial charge in [-0.3, -0.25) is 0 Å². The van der Waals surface area contributed by atoms with Gasteiger partial charge in [0.05, 0.1) is 16.9 Å². The average Bonchev–Trinajstić information content (AvgIpc) is 2.48. The lowest BCUT2D eigenvalue weighted by molar-refractivity contribution is -0.149. The van der Waals surface area contributed by atoms with E-state index in [4.69, 9.17) is 5.73 Å². The van der Waals surface area contributed by atoms with Gasteiger partial charge in [0.1, 0.15) is 17.4 Å². The van der Waals surface area contributed by atoms with E-state index in [-0.39, 0.29) is 5.56 Å². The second-order valence-corrected chi connectivity index (χ2v) is 6.24. The van der Waals surface area contributed by atoms with E-state index in [2.05, 4.69) is 4.98 Å². The number of benzene rings is 1. The third-order valence-electron chi connectivity index (χ3n) is 3.79. The van der Waals surface area contributed by atoms with Gasteiger partial charge in [0, 0.05) is 12.1 Å². The fourth-order valence-corrected chi connectivity index (χ4v) is 2.53. The second kappa shape index (κ2) is 6.88. The van der Waals surface area contributed by atoms with Gasteiger partial charge in [-0.25, -0.2) is 18.2 Å². The number of rotatable bonds is 4. The van der Waals surface area contributed by atoms with Crippen LogP contribution in [0.1, 0.15) is 31.0 Å². The van der Waals surface area contributed by atoms with E-state index in [1.54, 1.807) is 0 Å². The van der Waals surface area contributed by atoms with Crippen molar-refractivity contribution in [1.29, 1.82) is 0 Å². The Morgan fingerprint density at radius 1 is 1.04 bits per heavy atom. The second-order valence-electron chi connectivity index (χ2n) is 6.24. The highest BCUT2D eigenvalue weighted by Gasteiger charge is 2.44. The molecule has 0 saturated heterocycles. The molecule has 2 rings (SSSR count). The number of hydrogen-bond donors (Lipinski definition) is 2. The Morgan fingerprint density at radius 3 is 2.00 bits per heavy atom. The van der Waals surface area contributed by atoms with Crippen LogP contribution in [0, 0.1) is 17.5 Å². The smallest absolute Gasteiger partial charge is 0.386 e. The molecule has 0 radical (unpaired) electrons. The van der Waals surface area contributed by atoms with Crippen LogP contribution in [-0.2, 0) is 5.60 Å². The maximum Gasteiger partial charge on any atom is 0.398 e. The van der Waals surface area contributed by atoms with Crippen LogP contribution in [0.25, 0.3) is 11.3 Å². The third kappa shape index (κ3) is 3.83. The lowest BCUT2D eigenvalue weighted by atomic mass is 9.91. The molecular formula is C17H16F6N2O. The molecule has 1 heterocycles. The summed E-state index contributed by atoms with van der Waals surface area (Å²) in [5.41, 5.74) is 0.191. The van der Waals surface area contributed by atoms with E-state index >= 15 is 0 Å². The van der Waals surface area contributed by atoms with Gasteiger partial charge >= 0.3 is 6.18 Å². The SMILES string of the molecule is CC(C)(O)c1c(F)c(-c2ccc(F)cc2)nc(C(CN)C(F)(F)F)c1F. The number of nitrogens with two attached hydrogens (primary N) is 1. The van der Waals surface area contributed by atoms with Gasteiger partial charge in [-0.15, -0.1) is 0 Å². The van der Waals surface area contributed by atoms with Gasteiger partial charge in [-0.2, -0.15) is 13.2 Å². The topological polar surface area (TPSA) is 59.1 Å². The molecule has 9 heteroatoms. The van der Waals surface area contributed by atoms with E-state index in [9.17, 15) is 31.4 Å². The number of halogens is 6. The summed E-state index contributed by atoms with van der Waals surface area (Å²) in [5, 5.41) is 10.1. The van der Waals surface area contributed by atoms with E-state index in [1.807, 2.05) is 0 Å². The van der Waals surface area contributed by atoms with Crippen molar-refractivity contribution in [2.75, 3.05) is 6.54 Å². The van der Waals surface area contributed by atoms with Crippen molar-refractivity contribution in [2.24, 2.45) is 5.73 Å². The zero-order valence-corrected chi connectivity index (χ0v) is 13.8. The predicted octanol–water partition coefficient (Wildman–Crippen LogP) is 4.00. The molecule has 0 aliphatic carbocycles. The highest BCUT2D eigenvalue weighted by Crippen LogP contribution is 2.39. The molecule has 142 valence electrons. The van der Waals surface area contributed by atoms with Gasteiger partial charge in [0.15, 0.2) is 11.6 Å². The van der Waals surface area contributed by atoms with Crippen LogP contribution in [-0.4, -0.2) is 22.8 Å². The fourth-order valence-electron chi connectivity index (χ4n) is 2.53. The van der Waals surface area contributed by atoms with Crippen molar-refractivity contribution < 1.29 is 31.4 Å². The number of alkyl halides is 3. The van der Waals surface area contributed by atoms with Gasteiger partial charge in [-0.05, 0) is 38.1 Å². The molecular weight excluding hydrogens is 362 g/mol. The summed E-state index contributed by atoms with van der Waals surface area (Å²) >= 11 is 0. The highest BCUT2D eigenvalue weighted by molar-refractivity contribution is 5.62. The fraction of sp³-hybridized carbons (Fsp3) is 0.353. The van der Waals surface area contributed by atoms with Crippen molar-refractivity contribution in [3.05, 3.63) is 53.0 Å². The Hall–Kier alpha value is -2.13. The first-order valence-electron chi connectivity index (χ1n) is 7.52. The number of aromatic nitrogens is 1. The minimum atomic E-state index is -4.93. The number of aliphatic hydroxyl groups is 1. The van der Waals surface area contributed by atoms with Gasteiger partial charge in [0.2, 0.25) is 0 Å². The average molecular weight is 378 g/mol. The third-order valence-corrected chi connectivity index (χ3v) is 3.79. The Balaban J connectivity index is 2.85. The van der Waals surface area contributed by atoms with Crippen molar-refractivity contribution in [3.63, 3.8) is 0 Å². The quantitative estimate of drug-likeness (QED) is 0.791. The molecule has 0 saturated carbocycles. The van der Waals surface area contributed by atoms with E-state index in [1.165, 1.54) is 0 Å².